The van der Waals surface area contributed by atoms with E-state index in [1.807, 2.05) is 0 Å². The molecule has 0 spiro atoms. The molecule has 0 aliphatic carbocycles. The van der Waals surface area contributed by atoms with Crippen molar-refractivity contribution in [2.24, 2.45) is 0 Å². The number of benzene rings is 1. The van der Waals surface area contributed by atoms with Crippen molar-refractivity contribution in [3.8, 4) is 5.75 Å². The SMILES string of the molecule is CC(C)(C)OC(=O)NCCOc1ccc2c(c1)[C@H]1CN(C(=O)N1OS(=O)(=O)O)[C@H]2C(=O)O. The van der Waals surface area contributed by atoms with Crippen LogP contribution in [0.15, 0.2) is 18.2 Å². The number of ether oxygens (including phenoxy) is 2. The van der Waals surface area contributed by atoms with Crippen molar-refractivity contribution in [2.45, 2.75) is 38.5 Å². The quantitative estimate of drug-likeness (QED) is 0.386. The van der Waals surface area contributed by atoms with Gasteiger partial charge in [0.15, 0.2) is 6.04 Å². The molecule has 2 bridgehead atoms. The Hall–Kier alpha value is -3.10. The fourth-order valence-electron chi connectivity index (χ4n) is 3.47. The van der Waals surface area contributed by atoms with Crippen LogP contribution in [0, 0.1) is 0 Å². The van der Waals surface area contributed by atoms with Crippen molar-refractivity contribution < 1.29 is 46.2 Å². The van der Waals surface area contributed by atoms with Gasteiger partial charge in [-0.15, -0.1) is 4.28 Å². The number of carbonyl (C=O) groups is 3. The Morgan fingerprint density at radius 3 is 2.53 bits per heavy atom. The van der Waals surface area contributed by atoms with Gasteiger partial charge in [-0.3, -0.25) is 4.55 Å². The summed E-state index contributed by atoms with van der Waals surface area (Å²) >= 11 is 0. The van der Waals surface area contributed by atoms with Gasteiger partial charge in [0.25, 0.3) is 0 Å². The van der Waals surface area contributed by atoms with Crippen LogP contribution in [0.1, 0.15) is 44.0 Å². The van der Waals surface area contributed by atoms with Gasteiger partial charge in [0.05, 0.1) is 13.1 Å². The van der Waals surface area contributed by atoms with Crippen LogP contribution in [-0.2, 0) is 24.2 Å². The lowest BCUT2D eigenvalue weighted by molar-refractivity contribution is -0.142. The number of hydrogen-bond acceptors (Lipinski definition) is 8. The molecule has 1 fully saturated rings. The average molecular weight is 473 g/mol. The van der Waals surface area contributed by atoms with E-state index in [1.54, 1.807) is 20.8 Å². The molecule has 1 aromatic carbocycles. The van der Waals surface area contributed by atoms with Crippen molar-refractivity contribution in [1.29, 1.82) is 0 Å². The van der Waals surface area contributed by atoms with E-state index in [-0.39, 0.29) is 25.3 Å². The fourth-order valence-corrected chi connectivity index (χ4v) is 3.85. The molecule has 0 aromatic heterocycles. The Labute approximate surface area is 183 Å². The van der Waals surface area contributed by atoms with Gasteiger partial charge in [-0.2, -0.15) is 13.5 Å². The number of fused-ring (bicyclic) bond motifs is 4. The lowest BCUT2D eigenvalue weighted by atomic mass is 9.91. The van der Waals surface area contributed by atoms with Gasteiger partial charge in [0, 0.05) is 0 Å². The lowest BCUT2D eigenvalue weighted by Crippen LogP contribution is -2.38. The molecule has 3 rings (SSSR count). The maximum Gasteiger partial charge on any atom is 0.418 e. The normalized spacial score (nSPS) is 20.1. The minimum atomic E-state index is -5.02. The molecule has 3 N–H and O–H groups in total. The van der Waals surface area contributed by atoms with E-state index < -0.39 is 46.2 Å². The van der Waals surface area contributed by atoms with Gasteiger partial charge in [-0.05, 0) is 44.0 Å². The number of aliphatic carboxylic acids is 1. The van der Waals surface area contributed by atoms with Crippen molar-refractivity contribution in [3.63, 3.8) is 0 Å². The molecular formula is C18H23N3O10S. The Kier molecular flexibility index (Phi) is 6.22. The predicted octanol–water partition coefficient (Wildman–Crippen LogP) is 1.24. The third-order valence-corrected chi connectivity index (χ3v) is 4.91. The summed E-state index contributed by atoms with van der Waals surface area (Å²) in [5.41, 5.74) is -0.101. The van der Waals surface area contributed by atoms with Crippen LogP contribution in [0.2, 0.25) is 0 Å². The molecule has 32 heavy (non-hydrogen) atoms. The van der Waals surface area contributed by atoms with Crippen LogP contribution < -0.4 is 10.1 Å². The van der Waals surface area contributed by atoms with Crippen LogP contribution >= 0.6 is 0 Å². The second-order valence-electron chi connectivity index (χ2n) is 8.09. The molecule has 1 aromatic rings. The number of carbonyl (C=O) groups excluding carboxylic acids is 2. The standard InChI is InChI=1S/C18H23N3O10S/c1-18(2,3)30-16(24)19-6-7-29-10-4-5-11-12(8-10)13-9-20(14(11)15(22)23)17(25)21(13)31-32(26,27)28/h4-5,8,13-14H,6-7,9H2,1-3H3,(H,19,24)(H,22,23)(H,26,27,28)/t13-,14-/m1/s1. The zero-order valence-corrected chi connectivity index (χ0v) is 18.3. The summed E-state index contributed by atoms with van der Waals surface area (Å²) in [4.78, 5) is 36.9. The molecule has 176 valence electrons. The Balaban J connectivity index is 1.76. The minimum Gasteiger partial charge on any atom is -0.492 e. The second-order valence-corrected chi connectivity index (χ2v) is 9.09. The zero-order chi connectivity index (χ0) is 23.8. The van der Waals surface area contributed by atoms with Gasteiger partial charge in [-0.1, -0.05) is 6.07 Å². The van der Waals surface area contributed by atoms with Crippen LogP contribution in [0.4, 0.5) is 9.59 Å². The number of hydroxylamine groups is 2. The minimum absolute atomic E-state index is 0.0569. The highest BCUT2D eigenvalue weighted by Crippen LogP contribution is 2.45. The van der Waals surface area contributed by atoms with Crippen LogP contribution in [0.5, 0.6) is 5.75 Å². The first-order chi connectivity index (χ1) is 14.8. The summed E-state index contributed by atoms with van der Waals surface area (Å²) in [7, 11) is -5.02. The van der Waals surface area contributed by atoms with Crippen molar-refractivity contribution >= 4 is 28.5 Å². The molecule has 1 saturated heterocycles. The summed E-state index contributed by atoms with van der Waals surface area (Å²) in [5, 5.41) is 12.6. The van der Waals surface area contributed by atoms with Gasteiger partial charge in [-0.25, -0.2) is 14.4 Å². The summed E-state index contributed by atoms with van der Waals surface area (Å²) < 4.78 is 46.4. The van der Waals surface area contributed by atoms with E-state index in [0.29, 0.717) is 16.4 Å². The van der Waals surface area contributed by atoms with Crippen molar-refractivity contribution in [3.05, 3.63) is 29.3 Å². The van der Waals surface area contributed by atoms with E-state index in [1.165, 1.54) is 18.2 Å². The summed E-state index contributed by atoms with van der Waals surface area (Å²) in [6.45, 7) is 5.19. The van der Waals surface area contributed by atoms with Gasteiger partial charge >= 0.3 is 28.5 Å². The topological polar surface area (TPSA) is 172 Å². The largest absolute Gasteiger partial charge is 0.492 e. The highest BCUT2D eigenvalue weighted by molar-refractivity contribution is 7.80. The summed E-state index contributed by atoms with van der Waals surface area (Å²) in [5.74, 6) is -1.03. The van der Waals surface area contributed by atoms with E-state index in [0.717, 1.165) is 4.90 Å². The summed E-state index contributed by atoms with van der Waals surface area (Å²) in [6, 6.07) is 1.03. The molecule has 13 nitrogen and oxygen atoms in total. The molecule has 14 heteroatoms. The van der Waals surface area contributed by atoms with Gasteiger partial charge in [0.1, 0.15) is 24.0 Å². The molecule has 0 radical (unpaired) electrons. The zero-order valence-electron chi connectivity index (χ0n) is 17.5. The molecule has 3 amide bonds. The van der Waals surface area contributed by atoms with Crippen LogP contribution in [-0.4, -0.2) is 71.4 Å². The van der Waals surface area contributed by atoms with E-state index in [9.17, 15) is 27.9 Å². The van der Waals surface area contributed by atoms with Crippen LogP contribution in [0.25, 0.3) is 0 Å². The Morgan fingerprint density at radius 2 is 1.94 bits per heavy atom. The number of carboxylic acids is 1. The number of carboxylic acid groups (broad SMARTS) is 1. The molecular weight excluding hydrogens is 450 g/mol. The number of nitrogens with one attached hydrogen (secondary N) is 1. The summed E-state index contributed by atoms with van der Waals surface area (Å²) in [6.07, 6.45) is -0.613. The first-order valence-electron chi connectivity index (χ1n) is 9.50. The molecule has 2 aliphatic heterocycles. The molecule has 2 atom stereocenters. The maximum atomic E-state index is 12.5. The highest BCUT2D eigenvalue weighted by atomic mass is 32.3. The predicted molar refractivity (Wildman–Crippen MR) is 106 cm³/mol. The lowest BCUT2D eigenvalue weighted by Gasteiger charge is -2.30. The first-order valence-corrected chi connectivity index (χ1v) is 10.9. The number of amides is 3. The smallest absolute Gasteiger partial charge is 0.418 e. The monoisotopic (exact) mass is 473 g/mol. The van der Waals surface area contributed by atoms with E-state index in [4.69, 9.17) is 14.0 Å². The van der Waals surface area contributed by atoms with E-state index >= 15 is 0 Å². The third-order valence-electron chi connectivity index (χ3n) is 4.56. The van der Waals surface area contributed by atoms with Gasteiger partial charge in [0.2, 0.25) is 0 Å². The fraction of sp³-hybridized carbons (Fsp3) is 0.500. The number of hydrogen-bond donors (Lipinski definition) is 3. The molecule has 2 aliphatic rings. The van der Waals surface area contributed by atoms with Gasteiger partial charge < -0.3 is 24.8 Å². The Bertz CT molecular complexity index is 1040. The second kappa shape index (κ2) is 8.44. The van der Waals surface area contributed by atoms with Crippen molar-refractivity contribution in [1.82, 2.24) is 15.3 Å². The highest BCUT2D eigenvalue weighted by Gasteiger charge is 2.52. The molecule has 0 saturated carbocycles. The molecule has 0 unspecified atom stereocenters. The molecule has 2 heterocycles. The average Bonchev–Trinajstić information content (AvgIpc) is 2.89. The van der Waals surface area contributed by atoms with Crippen LogP contribution in [0.3, 0.4) is 0 Å². The number of alkyl carbamates (subject to hydrolysis) is 1. The van der Waals surface area contributed by atoms with Crippen molar-refractivity contribution in [2.75, 3.05) is 19.7 Å². The maximum absolute atomic E-state index is 12.5. The number of urea groups is 1. The van der Waals surface area contributed by atoms with E-state index in [2.05, 4.69) is 9.60 Å². The Morgan fingerprint density at radius 1 is 1.25 bits per heavy atom. The number of rotatable bonds is 7. The third kappa shape index (κ3) is 5.20. The number of nitrogens with zero attached hydrogens (tertiary/aromatic N) is 2. The first kappa shape index (κ1) is 23.6.